The lowest BCUT2D eigenvalue weighted by atomic mass is 9.86. The summed E-state index contributed by atoms with van der Waals surface area (Å²) in [6.45, 7) is 5.87. The standard InChI is InChI=1S/C19H30N4O/c1-14-13-20-15(2)19(21-14)23-10-8-17(9-11-23)22-18(24)12-16-6-4-3-5-7-16/h13,16-17H,3-12H2,1-2H3,(H,22,24). The van der Waals surface area contributed by atoms with E-state index in [-0.39, 0.29) is 5.91 Å². The molecule has 0 aromatic carbocycles. The summed E-state index contributed by atoms with van der Waals surface area (Å²) in [6, 6.07) is 0.315. The molecule has 1 N–H and O–H groups in total. The smallest absolute Gasteiger partial charge is 0.220 e. The van der Waals surface area contributed by atoms with Gasteiger partial charge in [-0.15, -0.1) is 0 Å². The minimum absolute atomic E-state index is 0.256. The number of aromatic nitrogens is 2. The molecule has 5 nitrogen and oxygen atoms in total. The van der Waals surface area contributed by atoms with Crippen molar-refractivity contribution in [2.75, 3.05) is 18.0 Å². The molecule has 2 fully saturated rings. The van der Waals surface area contributed by atoms with E-state index in [9.17, 15) is 4.79 Å². The fraction of sp³-hybridized carbons (Fsp3) is 0.737. The molecule has 1 aliphatic heterocycles. The lowest BCUT2D eigenvalue weighted by molar-refractivity contribution is -0.123. The summed E-state index contributed by atoms with van der Waals surface area (Å²) >= 11 is 0. The lowest BCUT2D eigenvalue weighted by Crippen LogP contribution is -2.45. The van der Waals surface area contributed by atoms with Crippen LogP contribution in [0.2, 0.25) is 0 Å². The van der Waals surface area contributed by atoms with Gasteiger partial charge < -0.3 is 10.2 Å². The van der Waals surface area contributed by atoms with Crippen LogP contribution >= 0.6 is 0 Å². The van der Waals surface area contributed by atoms with E-state index in [2.05, 4.69) is 20.2 Å². The highest BCUT2D eigenvalue weighted by Gasteiger charge is 2.24. The number of amides is 1. The molecule has 132 valence electrons. The quantitative estimate of drug-likeness (QED) is 0.921. The number of anilines is 1. The van der Waals surface area contributed by atoms with Crippen LogP contribution in [0, 0.1) is 19.8 Å². The molecular formula is C19H30N4O. The molecule has 0 spiro atoms. The second-order valence-electron chi connectivity index (χ2n) is 7.46. The summed E-state index contributed by atoms with van der Waals surface area (Å²) in [5.41, 5.74) is 1.94. The van der Waals surface area contributed by atoms with Gasteiger partial charge in [0.15, 0.2) is 0 Å². The molecule has 2 heterocycles. The molecule has 1 amide bonds. The Hall–Kier alpha value is -1.65. The van der Waals surface area contributed by atoms with Crippen LogP contribution in [-0.2, 0) is 4.79 Å². The van der Waals surface area contributed by atoms with Crippen LogP contribution in [-0.4, -0.2) is 35.0 Å². The zero-order valence-corrected chi connectivity index (χ0v) is 15.1. The highest BCUT2D eigenvalue weighted by atomic mass is 16.1. The third kappa shape index (κ3) is 4.46. The Bertz CT molecular complexity index is 560. The van der Waals surface area contributed by atoms with Gasteiger partial charge in [0, 0.05) is 31.7 Å². The van der Waals surface area contributed by atoms with Gasteiger partial charge >= 0.3 is 0 Å². The van der Waals surface area contributed by atoms with E-state index in [4.69, 9.17) is 0 Å². The van der Waals surface area contributed by atoms with Crippen molar-refractivity contribution in [3.63, 3.8) is 0 Å². The summed E-state index contributed by atoms with van der Waals surface area (Å²) in [5.74, 6) is 1.87. The van der Waals surface area contributed by atoms with Gasteiger partial charge in [0.25, 0.3) is 0 Å². The maximum atomic E-state index is 12.3. The van der Waals surface area contributed by atoms with E-state index in [1.54, 1.807) is 0 Å². The molecule has 1 saturated heterocycles. The first-order chi connectivity index (χ1) is 11.6. The Balaban J connectivity index is 1.46. The molecule has 2 aliphatic rings. The van der Waals surface area contributed by atoms with Gasteiger partial charge in [-0.3, -0.25) is 9.78 Å². The molecule has 0 atom stereocenters. The Morgan fingerprint density at radius 3 is 2.58 bits per heavy atom. The summed E-state index contributed by atoms with van der Waals surface area (Å²) in [7, 11) is 0. The van der Waals surface area contributed by atoms with Crippen LogP contribution in [0.4, 0.5) is 5.82 Å². The number of nitrogens with one attached hydrogen (secondary N) is 1. The van der Waals surface area contributed by atoms with E-state index in [0.717, 1.165) is 49.6 Å². The summed E-state index contributed by atoms with van der Waals surface area (Å²) in [5, 5.41) is 3.26. The molecule has 0 bridgehead atoms. The van der Waals surface area contributed by atoms with E-state index >= 15 is 0 Å². The largest absolute Gasteiger partial charge is 0.355 e. The lowest BCUT2D eigenvalue weighted by Gasteiger charge is -2.34. The zero-order valence-electron chi connectivity index (χ0n) is 15.1. The molecule has 1 aliphatic carbocycles. The van der Waals surface area contributed by atoms with Gasteiger partial charge in [0.2, 0.25) is 5.91 Å². The number of aryl methyl sites for hydroxylation is 2. The normalized spacial score (nSPS) is 20.2. The average molecular weight is 330 g/mol. The number of nitrogens with zero attached hydrogens (tertiary/aromatic N) is 3. The number of carbonyl (C=O) groups excluding carboxylic acids is 1. The maximum absolute atomic E-state index is 12.3. The van der Waals surface area contributed by atoms with Gasteiger partial charge in [-0.1, -0.05) is 19.3 Å². The number of carbonyl (C=O) groups is 1. The average Bonchev–Trinajstić information content (AvgIpc) is 2.59. The van der Waals surface area contributed by atoms with E-state index in [0.29, 0.717) is 12.0 Å². The third-order valence-electron chi connectivity index (χ3n) is 5.41. The summed E-state index contributed by atoms with van der Waals surface area (Å²) in [4.78, 5) is 23.6. The van der Waals surface area contributed by atoms with Crippen molar-refractivity contribution in [2.45, 2.75) is 71.3 Å². The highest BCUT2D eigenvalue weighted by molar-refractivity contribution is 5.76. The van der Waals surface area contributed by atoms with Crippen LogP contribution in [0.3, 0.4) is 0 Å². The number of hydrogen-bond donors (Lipinski definition) is 1. The number of hydrogen-bond acceptors (Lipinski definition) is 4. The predicted molar refractivity (Wildman–Crippen MR) is 96.1 cm³/mol. The van der Waals surface area contributed by atoms with E-state index in [1.807, 2.05) is 20.0 Å². The van der Waals surface area contributed by atoms with Gasteiger partial charge in [-0.2, -0.15) is 0 Å². The molecular weight excluding hydrogens is 300 g/mol. The Labute approximate surface area is 145 Å². The Morgan fingerprint density at radius 2 is 1.88 bits per heavy atom. The maximum Gasteiger partial charge on any atom is 0.220 e. The highest BCUT2D eigenvalue weighted by Crippen LogP contribution is 2.26. The van der Waals surface area contributed by atoms with Crippen LogP contribution in [0.15, 0.2) is 6.20 Å². The first-order valence-corrected chi connectivity index (χ1v) is 9.46. The van der Waals surface area contributed by atoms with Crippen LogP contribution < -0.4 is 10.2 Å². The third-order valence-corrected chi connectivity index (χ3v) is 5.41. The van der Waals surface area contributed by atoms with Crippen molar-refractivity contribution in [2.24, 2.45) is 5.92 Å². The van der Waals surface area contributed by atoms with Crippen molar-refractivity contribution < 1.29 is 4.79 Å². The van der Waals surface area contributed by atoms with Gasteiger partial charge in [0.05, 0.1) is 11.4 Å². The van der Waals surface area contributed by atoms with Crippen molar-refractivity contribution in [1.29, 1.82) is 0 Å². The van der Waals surface area contributed by atoms with Crippen LogP contribution in [0.5, 0.6) is 0 Å². The minimum atomic E-state index is 0.256. The Morgan fingerprint density at radius 1 is 1.17 bits per heavy atom. The number of piperidine rings is 1. The van der Waals surface area contributed by atoms with Crippen molar-refractivity contribution in [1.82, 2.24) is 15.3 Å². The summed E-state index contributed by atoms with van der Waals surface area (Å²) in [6.07, 6.45) is 10.9. The monoisotopic (exact) mass is 330 g/mol. The molecule has 0 radical (unpaired) electrons. The topological polar surface area (TPSA) is 58.1 Å². The van der Waals surface area contributed by atoms with Crippen molar-refractivity contribution in [3.05, 3.63) is 17.6 Å². The molecule has 5 heteroatoms. The molecule has 24 heavy (non-hydrogen) atoms. The minimum Gasteiger partial charge on any atom is -0.355 e. The van der Waals surface area contributed by atoms with Crippen molar-refractivity contribution >= 4 is 11.7 Å². The molecule has 1 aromatic heterocycles. The molecule has 1 saturated carbocycles. The van der Waals surface area contributed by atoms with E-state index < -0.39 is 0 Å². The first kappa shape index (κ1) is 17.2. The zero-order chi connectivity index (χ0) is 16.9. The predicted octanol–water partition coefficient (Wildman–Crippen LogP) is 3.15. The fourth-order valence-electron chi connectivity index (χ4n) is 4.00. The van der Waals surface area contributed by atoms with Crippen molar-refractivity contribution in [3.8, 4) is 0 Å². The fourth-order valence-corrected chi connectivity index (χ4v) is 4.00. The van der Waals surface area contributed by atoms with Gasteiger partial charge in [-0.25, -0.2) is 4.98 Å². The Kier molecular flexibility index (Phi) is 5.69. The second kappa shape index (κ2) is 7.95. The van der Waals surface area contributed by atoms with Gasteiger partial charge in [0.1, 0.15) is 5.82 Å². The van der Waals surface area contributed by atoms with Crippen LogP contribution in [0.1, 0.15) is 62.8 Å². The van der Waals surface area contributed by atoms with Crippen LogP contribution in [0.25, 0.3) is 0 Å². The summed E-state index contributed by atoms with van der Waals surface area (Å²) < 4.78 is 0. The van der Waals surface area contributed by atoms with Gasteiger partial charge in [-0.05, 0) is 45.4 Å². The second-order valence-corrected chi connectivity index (χ2v) is 7.46. The molecule has 0 unspecified atom stereocenters. The number of rotatable bonds is 4. The molecule has 3 rings (SSSR count). The van der Waals surface area contributed by atoms with E-state index in [1.165, 1.54) is 32.1 Å². The SMILES string of the molecule is Cc1cnc(C)c(N2CCC(NC(=O)CC3CCCCC3)CC2)n1. The molecule has 1 aromatic rings. The first-order valence-electron chi connectivity index (χ1n) is 9.46.